The lowest BCUT2D eigenvalue weighted by Gasteiger charge is -2.19. The van der Waals surface area contributed by atoms with Gasteiger partial charge in [-0.25, -0.2) is 9.48 Å². The highest BCUT2D eigenvalue weighted by atomic mass is 35.5. The van der Waals surface area contributed by atoms with E-state index in [0.717, 1.165) is 5.69 Å². The molecule has 0 bridgehead atoms. The quantitative estimate of drug-likeness (QED) is 0.886. The van der Waals surface area contributed by atoms with Gasteiger partial charge < -0.3 is 4.74 Å². The normalized spacial score (nSPS) is 15.8. The summed E-state index contributed by atoms with van der Waals surface area (Å²) in [5, 5.41) is 7.92. The highest BCUT2D eigenvalue weighted by Crippen LogP contribution is 2.15. The van der Waals surface area contributed by atoms with Crippen LogP contribution in [0.15, 0.2) is 36.5 Å². The highest BCUT2D eigenvalue weighted by molar-refractivity contribution is 6.30. The Labute approximate surface area is 125 Å². The van der Waals surface area contributed by atoms with Crippen LogP contribution in [-0.2, 0) is 0 Å². The average molecular weight is 309 g/mol. The fraction of sp³-hybridized carbons (Fsp3) is 0.167. The Hall–Kier alpha value is -2.29. The topological polar surface area (TPSA) is 74.7 Å². The van der Waals surface area contributed by atoms with Crippen LogP contribution in [-0.4, -0.2) is 39.8 Å². The molecule has 1 saturated heterocycles. The zero-order chi connectivity index (χ0) is 14.8. The van der Waals surface area contributed by atoms with E-state index in [1.165, 1.54) is 10.2 Å². The highest BCUT2D eigenvalue weighted by Gasteiger charge is 2.23. The first-order valence-electron chi connectivity index (χ1n) is 6.15. The molecule has 3 rings (SSSR count). The number of aromatic nitrogens is 2. The number of nitrogens with zero attached hydrogens (tertiary/aromatic N) is 4. The van der Waals surface area contributed by atoms with Gasteiger partial charge in [0.2, 0.25) is 5.88 Å². The molecular weight excluding hydrogens is 296 g/mol. The van der Waals surface area contributed by atoms with E-state index in [1.807, 2.05) is 12.1 Å². The van der Waals surface area contributed by atoms with Crippen LogP contribution >= 0.6 is 11.6 Å². The minimum absolute atomic E-state index is 0.132. The molecule has 0 aliphatic carbocycles. The lowest BCUT2D eigenvalue weighted by atomic mass is 10.3. The number of urea groups is 1. The number of nitrogens with one attached hydrogen (secondary N) is 2. The van der Waals surface area contributed by atoms with Crippen LogP contribution in [0.2, 0.25) is 5.02 Å². The fourth-order valence-electron chi connectivity index (χ4n) is 1.79. The van der Waals surface area contributed by atoms with Crippen molar-refractivity contribution in [2.45, 2.75) is 0 Å². The SMILES string of the molecule is CN1NC(=O)NN1COc1ccn(-c2ccc(Cl)cc2)n1. The Morgan fingerprint density at radius 2 is 2.00 bits per heavy atom. The van der Waals surface area contributed by atoms with Crippen molar-refractivity contribution in [2.24, 2.45) is 0 Å². The molecule has 9 heteroatoms. The lowest BCUT2D eigenvalue weighted by molar-refractivity contribution is -0.0696. The smallest absolute Gasteiger partial charge is 0.346 e. The van der Waals surface area contributed by atoms with Crippen molar-refractivity contribution >= 4 is 17.6 Å². The van der Waals surface area contributed by atoms with Gasteiger partial charge in [0, 0.05) is 24.3 Å². The summed E-state index contributed by atoms with van der Waals surface area (Å²) in [7, 11) is 1.69. The third-order valence-corrected chi connectivity index (χ3v) is 3.10. The predicted molar refractivity (Wildman–Crippen MR) is 75.3 cm³/mol. The molecule has 0 radical (unpaired) electrons. The summed E-state index contributed by atoms with van der Waals surface area (Å²) in [5.74, 6) is 0.444. The minimum atomic E-state index is -0.312. The van der Waals surface area contributed by atoms with Gasteiger partial charge in [-0.2, -0.15) is 0 Å². The molecule has 8 nitrogen and oxygen atoms in total. The first-order chi connectivity index (χ1) is 10.1. The second-order valence-electron chi connectivity index (χ2n) is 4.32. The summed E-state index contributed by atoms with van der Waals surface area (Å²) in [6.45, 7) is 0.132. The molecule has 2 aromatic rings. The van der Waals surface area contributed by atoms with Crippen LogP contribution in [0.25, 0.3) is 5.69 Å². The van der Waals surface area contributed by atoms with E-state index in [1.54, 1.807) is 36.1 Å². The molecule has 1 aromatic carbocycles. The Bertz CT molecular complexity index is 643. The van der Waals surface area contributed by atoms with Crippen LogP contribution < -0.4 is 15.6 Å². The molecule has 2 amide bonds. The van der Waals surface area contributed by atoms with Gasteiger partial charge in [-0.1, -0.05) is 16.7 Å². The third kappa shape index (κ3) is 3.07. The van der Waals surface area contributed by atoms with Crippen molar-refractivity contribution < 1.29 is 9.53 Å². The van der Waals surface area contributed by atoms with Gasteiger partial charge in [0.15, 0.2) is 6.73 Å². The molecule has 1 fully saturated rings. The number of amides is 2. The molecule has 1 aliphatic heterocycles. The van der Waals surface area contributed by atoms with E-state index in [-0.39, 0.29) is 12.8 Å². The molecule has 2 heterocycles. The van der Waals surface area contributed by atoms with Gasteiger partial charge in [0.25, 0.3) is 0 Å². The number of benzene rings is 1. The standard InChI is InChI=1S/C12H13ClN6O2/c1-17-15-12(20)16-19(17)8-21-11-6-7-18(14-11)10-4-2-9(13)3-5-10/h2-7H,8H2,1H3,(H2,15,16,20). The number of hydrogen-bond donors (Lipinski definition) is 2. The zero-order valence-electron chi connectivity index (χ0n) is 11.2. The molecule has 0 saturated carbocycles. The number of halogens is 1. The van der Waals surface area contributed by atoms with E-state index in [2.05, 4.69) is 16.0 Å². The summed E-state index contributed by atoms with van der Waals surface area (Å²) in [6.07, 6.45) is 1.78. The molecule has 1 aliphatic rings. The fourth-order valence-corrected chi connectivity index (χ4v) is 1.92. The van der Waals surface area contributed by atoms with Gasteiger partial charge >= 0.3 is 6.03 Å². The van der Waals surface area contributed by atoms with Crippen molar-refractivity contribution in [1.29, 1.82) is 0 Å². The van der Waals surface area contributed by atoms with Gasteiger partial charge in [-0.05, 0) is 24.3 Å². The first kappa shape index (κ1) is 13.7. The van der Waals surface area contributed by atoms with E-state index < -0.39 is 0 Å². The van der Waals surface area contributed by atoms with Crippen LogP contribution in [0.4, 0.5) is 4.79 Å². The Morgan fingerprint density at radius 3 is 2.67 bits per heavy atom. The van der Waals surface area contributed by atoms with Gasteiger partial charge in [-0.15, -0.1) is 10.2 Å². The number of ether oxygens (including phenoxy) is 1. The molecule has 0 unspecified atom stereocenters. The maximum Gasteiger partial charge on any atom is 0.346 e. The Morgan fingerprint density at radius 1 is 1.24 bits per heavy atom. The van der Waals surface area contributed by atoms with Gasteiger partial charge in [0.05, 0.1) is 5.69 Å². The second-order valence-corrected chi connectivity index (χ2v) is 4.76. The van der Waals surface area contributed by atoms with E-state index in [9.17, 15) is 4.79 Å². The predicted octanol–water partition coefficient (Wildman–Crippen LogP) is 1.15. The second kappa shape index (κ2) is 5.60. The average Bonchev–Trinajstić information content (AvgIpc) is 3.04. The van der Waals surface area contributed by atoms with E-state index >= 15 is 0 Å². The maximum atomic E-state index is 11.1. The van der Waals surface area contributed by atoms with Crippen LogP contribution in [0.1, 0.15) is 0 Å². The van der Waals surface area contributed by atoms with E-state index in [0.29, 0.717) is 10.9 Å². The van der Waals surface area contributed by atoms with Crippen LogP contribution in [0, 0.1) is 0 Å². The molecule has 0 atom stereocenters. The van der Waals surface area contributed by atoms with E-state index in [4.69, 9.17) is 16.3 Å². The number of carbonyl (C=O) groups is 1. The van der Waals surface area contributed by atoms with Crippen molar-refractivity contribution in [3.8, 4) is 11.6 Å². The molecule has 2 N–H and O–H groups in total. The molecule has 21 heavy (non-hydrogen) atoms. The summed E-state index contributed by atoms with van der Waals surface area (Å²) < 4.78 is 7.18. The Kier molecular flexibility index (Phi) is 3.65. The first-order valence-corrected chi connectivity index (χ1v) is 6.52. The third-order valence-electron chi connectivity index (χ3n) is 2.85. The summed E-state index contributed by atoms with van der Waals surface area (Å²) >= 11 is 5.85. The summed E-state index contributed by atoms with van der Waals surface area (Å²) in [6, 6.07) is 8.72. The number of carbonyl (C=O) groups excluding carboxylic acids is 1. The van der Waals surface area contributed by atoms with Crippen molar-refractivity contribution in [3.05, 3.63) is 41.6 Å². The molecule has 0 spiro atoms. The number of hydrazine groups is 3. The van der Waals surface area contributed by atoms with Crippen molar-refractivity contribution in [3.63, 3.8) is 0 Å². The summed E-state index contributed by atoms with van der Waals surface area (Å²) in [5.41, 5.74) is 5.96. The number of hydrogen-bond acceptors (Lipinski definition) is 5. The molecular formula is C12H13ClN6O2. The zero-order valence-corrected chi connectivity index (χ0v) is 11.9. The summed E-state index contributed by atoms with van der Waals surface area (Å²) in [4.78, 5) is 11.1. The molecule has 1 aromatic heterocycles. The van der Waals surface area contributed by atoms with Crippen LogP contribution in [0.3, 0.4) is 0 Å². The van der Waals surface area contributed by atoms with Crippen molar-refractivity contribution in [1.82, 2.24) is 30.9 Å². The largest absolute Gasteiger partial charge is 0.457 e. The van der Waals surface area contributed by atoms with Crippen molar-refractivity contribution in [2.75, 3.05) is 13.8 Å². The Balaban J connectivity index is 1.63. The minimum Gasteiger partial charge on any atom is -0.457 e. The number of rotatable bonds is 4. The monoisotopic (exact) mass is 308 g/mol. The van der Waals surface area contributed by atoms with Gasteiger partial charge in [0.1, 0.15) is 0 Å². The van der Waals surface area contributed by atoms with Gasteiger partial charge in [-0.3, -0.25) is 10.9 Å². The maximum absolute atomic E-state index is 11.1. The lowest BCUT2D eigenvalue weighted by Crippen LogP contribution is -2.44. The van der Waals surface area contributed by atoms with Crippen LogP contribution in [0.5, 0.6) is 5.88 Å². The molecule has 110 valence electrons.